The van der Waals surface area contributed by atoms with Crippen LogP contribution in [0.15, 0.2) is 83.3 Å². The number of aromatic hydroxyl groups is 1. The summed E-state index contributed by atoms with van der Waals surface area (Å²) in [5.41, 5.74) is 3.79. The minimum Gasteiger partial charge on any atom is -0.550 e. The minimum absolute atomic E-state index is 0.0586. The van der Waals surface area contributed by atoms with Gasteiger partial charge in [0.15, 0.2) is 11.7 Å². The number of carboxylic acid groups (broad SMARTS) is 1. The fourth-order valence-corrected chi connectivity index (χ4v) is 3.80. The monoisotopic (exact) mass is 532 g/mol. The zero-order chi connectivity index (χ0) is 28.4. The molecule has 0 amide bonds. The SMILES string of the molecule is CC(C)(C)[NH2+]C[C@H](O)c1ccc(O)c(CO)c1.O=C([O-])CCc1nc(-c2ccccc2)c(-c2ccccc2)o1. The molecule has 4 aromatic rings. The number of quaternary nitrogens is 1. The Morgan fingerprint density at radius 3 is 2.18 bits per heavy atom. The Morgan fingerprint density at radius 1 is 1.00 bits per heavy atom. The molecule has 0 saturated carbocycles. The van der Waals surface area contributed by atoms with Gasteiger partial charge in [0.25, 0.3) is 0 Å². The van der Waals surface area contributed by atoms with Gasteiger partial charge in [-0.1, -0.05) is 66.7 Å². The van der Waals surface area contributed by atoms with Crippen LogP contribution in [0.25, 0.3) is 22.6 Å². The highest BCUT2D eigenvalue weighted by Crippen LogP contribution is 2.32. The van der Waals surface area contributed by atoms with Gasteiger partial charge < -0.3 is 35.0 Å². The highest BCUT2D eigenvalue weighted by atomic mass is 16.4. The van der Waals surface area contributed by atoms with Gasteiger partial charge in [-0.3, -0.25) is 0 Å². The van der Waals surface area contributed by atoms with E-state index < -0.39 is 12.1 Å². The zero-order valence-electron chi connectivity index (χ0n) is 22.5. The van der Waals surface area contributed by atoms with Crippen molar-refractivity contribution in [1.82, 2.24) is 4.98 Å². The Hall–Kier alpha value is -3.98. The molecule has 5 N–H and O–H groups in total. The third-order valence-corrected chi connectivity index (χ3v) is 5.91. The van der Waals surface area contributed by atoms with Crippen LogP contribution in [0.2, 0.25) is 0 Å². The van der Waals surface area contributed by atoms with Gasteiger partial charge in [0.2, 0.25) is 0 Å². The molecule has 8 heteroatoms. The van der Waals surface area contributed by atoms with Gasteiger partial charge >= 0.3 is 0 Å². The molecular weight excluding hydrogens is 496 g/mol. The van der Waals surface area contributed by atoms with Gasteiger partial charge in [0, 0.05) is 29.1 Å². The number of nitrogens with zero attached hydrogens (tertiary/aromatic N) is 1. The van der Waals surface area contributed by atoms with Crippen LogP contribution in [0.5, 0.6) is 5.75 Å². The third-order valence-electron chi connectivity index (χ3n) is 5.91. The van der Waals surface area contributed by atoms with E-state index >= 15 is 0 Å². The number of carboxylic acids is 1. The fraction of sp³-hybridized carbons (Fsp3) is 0.290. The summed E-state index contributed by atoms with van der Waals surface area (Å²) in [6.45, 7) is 6.57. The molecule has 1 aromatic heterocycles. The minimum atomic E-state index is -1.11. The first kappa shape index (κ1) is 29.6. The summed E-state index contributed by atoms with van der Waals surface area (Å²) in [6, 6.07) is 24.2. The van der Waals surface area contributed by atoms with Crippen LogP contribution in [0.4, 0.5) is 0 Å². The molecule has 4 rings (SSSR count). The standard InChI is InChI=1S/C18H15NO3.C13H21NO3/c20-16(21)12-11-15-19-17(13-7-3-1-4-8-13)18(22-15)14-9-5-2-6-10-14;1-13(2,3)14-7-12(17)9-4-5-11(16)10(6-9)8-15/h1-10H,11-12H2,(H,20,21);4-6,12,14-17H,7-8H2,1-3H3/t;12-/m.0/s1. The Balaban J connectivity index is 0.000000224. The summed E-state index contributed by atoms with van der Waals surface area (Å²) >= 11 is 0. The average molecular weight is 533 g/mol. The Bertz CT molecular complexity index is 1270. The number of phenols is 1. The number of nitrogens with two attached hydrogens (primary N) is 1. The van der Waals surface area contributed by atoms with Gasteiger partial charge in [-0.05, 0) is 44.9 Å². The molecule has 0 radical (unpaired) electrons. The summed E-state index contributed by atoms with van der Waals surface area (Å²) in [7, 11) is 0. The second-order valence-corrected chi connectivity index (χ2v) is 10.3. The van der Waals surface area contributed by atoms with E-state index in [1.165, 1.54) is 6.07 Å². The zero-order valence-corrected chi connectivity index (χ0v) is 22.5. The van der Waals surface area contributed by atoms with Crippen LogP contribution in [0, 0.1) is 0 Å². The number of aliphatic hydroxyl groups is 2. The second kappa shape index (κ2) is 13.7. The van der Waals surface area contributed by atoms with Crippen LogP contribution in [0.3, 0.4) is 0 Å². The smallest absolute Gasteiger partial charge is 0.195 e. The number of benzene rings is 3. The van der Waals surface area contributed by atoms with Crippen LogP contribution in [0.1, 0.15) is 50.3 Å². The van der Waals surface area contributed by atoms with Crippen LogP contribution in [-0.2, 0) is 17.8 Å². The van der Waals surface area contributed by atoms with Crippen molar-refractivity contribution in [3.8, 4) is 28.3 Å². The second-order valence-electron chi connectivity index (χ2n) is 10.3. The number of hydrogen-bond acceptors (Lipinski definition) is 7. The molecule has 0 spiro atoms. The molecule has 206 valence electrons. The number of rotatable bonds is 9. The maximum Gasteiger partial charge on any atom is 0.195 e. The molecule has 8 nitrogen and oxygen atoms in total. The predicted octanol–water partition coefficient (Wildman–Crippen LogP) is 2.97. The number of carbonyl (C=O) groups is 1. The number of aromatic nitrogens is 1. The van der Waals surface area contributed by atoms with Crippen molar-refractivity contribution in [3.63, 3.8) is 0 Å². The van der Waals surface area contributed by atoms with Crippen LogP contribution in [-0.4, -0.2) is 38.4 Å². The topological polar surface area (TPSA) is 143 Å². The molecular formula is C31H36N2O6. The average Bonchev–Trinajstić information content (AvgIpc) is 3.36. The number of aliphatic hydroxyl groups excluding tert-OH is 2. The van der Waals surface area contributed by atoms with Crippen molar-refractivity contribution in [1.29, 1.82) is 0 Å². The van der Waals surface area contributed by atoms with Gasteiger partial charge in [0.1, 0.15) is 24.1 Å². The Kier molecular flexibility index (Phi) is 10.4. The van der Waals surface area contributed by atoms with Crippen LogP contribution < -0.4 is 10.4 Å². The molecule has 39 heavy (non-hydrogen) atoms. The summed E-state index contributed by atoms with van der Waals surface area (Å²) < 4.78 is 5.80. The summed E-state index contributed by atoms with van der Waals surface area (Å²) in [6.07, 6.45) is -0.488. The highest BCUT2D eigenvalue weighted by molar-refractivity contribution is 5.76. The van der Waals surface area contributed by atoms with E-state index in [-0.39, 0.29) is 30.7 Å². The Morgan fingerprint density at radius 2 is 1.62 bits per heavy atom. The summed E-state index contributed by atoms with van der Waals surface area (Å²) in [5.74, 6) is 0.00558. The molecule has 1 heterocycles. The van der Waals surface area contributed by atoms with Crippen molar-refractivity contribution in [2.45, 2.75) is 51.9 Å². The first-order valence-corrected chi connectivity index (χ1v) is 12.8. The molecule has 0 saturated heterocycles. The Labute approximate surface area is 228 Å². The lowest BCUT2D eigenvalue weighted by Crippen LogP contribution is -2.95. The number of aryl methyl sites for hydroxylation is 1. The van der Waals surface area contributed by atoms with E-state index in [9.17, 15) is 20.1 Å². The molecule has 0 bridgehead atoms. The normalized spacial score (nSPS) is 11.9. The number of aliphatic carboxylic acids is 1. The number of oxazole rings is 1. The molecule has 0 fully saturated rings. The molecule has 3 aromatic carbocycles. The van der Waals surface area contributed by atoms with Gasteiger partial charge in [-0.15, -0.1) is 0 Å². The quantitative estimate of drug-likeness (QED) is 0.259. The van der Waals surface area contributed by atoms with E-state index in [4.69, 9.17) is 9.52 Å². The first-order valence-electron chi connectivity index (χ1n) is 12.8. The molecule has 0 aliphatic rings. The lowest BCUT2D eigenvalue weighted by molar-refractivity contribution is -0.722. The molecule has 0 aliphatic carbocycles. The van der Waals surface area contributed by atoms with Gasteiger partial charge in [0.05, 0.1) is 12.1 Å². The molecule has 0 unspecified atom stereocenters. The lowest BCUT2D eigenvalue weighted by atomic mass is 10.0. The van der Waals surface area contributed by atoms with Crippen LogP contribution >= 0.6 is 0 Å². The molecule has 1 atom stereocenters. The highest BCUT2D eigenvalue weighted by Gasteiger charge is 2.18. The maximum absolute atomic E-state index is 10.6. The van der Waals surface area contributed by atoms with E-state index in [1.54, 1.807) is 12.1 Å². The third kappa shape index (κ3) is 9.07. The predicted molar refractivity (Wildman–Crippen MR) is 146 cm³/mol. The van der Waals surface area contributed by atoms with Crippen molar-refractivity contribution >= 4 is 5.97 Å². The van der Waals surface area contributed by atoms with Gasteiger partial charge in [-0.2, -0.15) is 0 Å². The summed E-state index contributed by atoms with van der Waals surface area (Å²) in [5, 5.41) is 41.1. The maximum atomic E-state index is 10.6. The van der Waals surface area contributed by atoms with E-state index in [0.717, 1.165) is 16.8 Å². The first-order chi connectivity index (χ1) is 18.6. The van der Waals surface area contributed by atoms with Crippen molar-refractivity contribution in [2.75, 3.05) is 6.54 Å². The lowest BCUT2D eigenvalue weighted by Gasteiger charge is -2.20. The van der Waals surface area contributed by atoms with E-state index in [2.05, 4.69) is 31.1 Å². The number of carbonyl (C=O) groups excluding carboxylic acids is 1. The van der Waals surface area contributed by atoms with Crippen molar-refractivity contribution in [3.05, 3.63) is 95.9 Å². The molecule has 0 aliphatic heterocycles. The van der Waals surface area contributed by atoms with E-state index in [0.29, 0.717) is 29.3 Å². The van der Waals surface area contributed by atoms with Crippen molar-refractivity contribution in [2.24, 2.45) is 0 Å². The van der Waals surface area contributed by atoms with Crippen molar-refractivity contribution < 1.29 is 35.0 Å². The number of hydrogen-bond donors (Lipinski definition) is 4. The summed E-state index contributed by atoms with van der Waals surface area (Å²) in [4.78, 5) is 15.1. The van der Waals surface area contributed by atoms with Gasteiger partial charge in [-0.25, -0.2) is 4.98 Å². The fourth-order valence-electron chi connectivity index (χ4n) is 3.80. The largest absolute Gasteiger partial charge is 0.550 e. The van der Waals surface area contributed by atoms with E-state index in [1.807, 2.05) is 60.7 Å².